The molecule has 0 amide bonds. The van der Waals surface area contributed by atoms with Gasteiger partial charge in [-0.15, -0.1) is 35.3 Å². The minimum Gasteiger partial charge on any atom is -0.381 e. The molecule has 2 heterocycles. The molecule has 0 saturated carbocycles. The molecule has 1 saturated heterocycles. The summed E-state index contributed by atoms with van der Waals surface area (Å²) in [6.07, 6.45) is 2.83. The fraction of sp³-hybridized carbons (Fsp3) is 0.583. The summed E-state index contributed by atoms with van der Waals surface area (Å²) in [5, 5.41) is 11.9. The number of ether oxygens (including phenoxy) is 1. The summed E-state index contributed by atoms with van der Waals surface area (Å²) >= 11 is 1.78. The molecular weight excluding hydrogens is 533 g/mol. The van der Waals surface area contributed by atoms with Crippen LogP contribution in [-0.4, -0.2) is 49.3 Å². The molecule has 2 aromatic rings. The molecule has 0 bridgehead atoms. The summed E-state index contributed by atoms with van der Waals surface area (Å²) in [6.45, 7) is 12.5. The highest BCUT2D eigenvalue weighted by molar-refractivity contribution is 14.0. The quantitative estimate of drug-likeness (QED) is 0.237. The van der Waals surface area contributed by atoms with Crippen molar-refractivity contribution >= 4 is 41.3 Å². The maximum absolute atomic E-state index is 5.67. The van der Waals surface area contributed by atoms with Crippen molar-refractivity contribution in [3.8, 4) is 0 Å². The second kappa shape index (κ2) is 13.5. The molecule has 6 nitrogen and oxygen atoms in total. The van der Waals surface area contributed by atoms with E-state index in [2.05, 4.69) is 79.0 Å². The summed E-state index contributed by atoms with van der Waals surface area (Å²) in [5.41, 5.74) is 2.39. The van der Waals surface area contributed by atoms with Crippen molar-refractivity contribution in [2.24, 2.45) is 4.99 Å². The molecule has 3 N–H and O–H groups in total. The number of halogens is 1. The Balaban J connectivity index is 0.00000363. The van der Waals surface area contributed by atoms with Crippen molar-refractivity contribution in [1.29, 1.82) is 0 Å². The van der Waals surface area contributed by atoms with Gasteiger partial charge in [-0.1, -0.05) is 30.3 Å². The third kappa shape index (κ3) is 7.97. The normalized spacial score (nSPS) is 16.8. The van der Waals surface area contributed by atoms with Gasteiger partial charge in [-0.2, -0.15) is 0 Å². The summed E-state index contributed by atoms with van der Waals surface area (Å²) in [7, 11) is 0. The van der Waals surface area contributed by atoms with Gasteiger partial charge in [0.25, 0.3) is 0 Å². The molecule has 3 rings (SSSR count). The minimum absolute atomic E-state index is 0. The maximum atomic E-state index is 5.67. The van der Waals surface area contributed by atoms with Gasteiger partial charge in [-0.3, -0.25) is 4.99 Å². The van der Waals surface area contributed by atoms with E-state index in [4.69, 9.17) is 9.73 Å². The largest absolute Gasteiger partial charge is 0.381 e. The van der Waals surface area contributed by atoms with E-state index in [1.165, 1.54) is 15.4 Å². The molecule has 32 heavy (non-hydrogen) atoms. The molecule has 0 radical (unpaired) electrons. The highest BCUT2D eigenvalue weighted by Crippen LogP contribution is 2.26. The van der Waals surface area contributed by atoms with Crippen LogP contribution in [0.5, 0.6) is 0 Å². The smallest absolute Gasteiger partial charge is 0.191 e. The van der Waals surface area contributed by atoms with Crippen LogP contribution in [0.1, 0.15) is 53.9 Å². The van der Waals surface area contributed by atoms with Crippen LogP contribution in [0.4, 0.5) is 0 Å². The molecule has 1 unspecified atom stereocenters. The fourth-order valence-corrected chi connectivity index (χ4v) is 4.83. The zero-order valence-corrected chi connectivity index (χ0v) is 22.9. The number of rotatable bonds is 9. The van der Waals surface area contributed by atoms with Gasteiger partial charge < -0.3 is 20.7 Å². The summed E-state index contributed by atoms with van der Waals surface area (Å²) in [4.78, 5) is 10.9. The Hall–Kier alpha value is -1.23. The molecule has 1 aromatic carbocycles. The highest BCUT2D eigenvalue weighted by atomic mass is 127. The Morgan fingerprint density at radius 3 is 2.53 bits per heavy atom. The van der Waals surface area contributed by atoms with Crippen LogP contribution in [-0.2, 0) is 11.2 Å². The minimum atomic E-state index is -0.0562. The Morgan fingerprint density at radius 2 is 1.91 bits per heavy atom. The van der Waals surface area contributed by atoms with Crippen molar-refractivity contribution in [1.82, 2.24) is 20.9 Å². The van der Waals surface area contributed by atoms with E-state index in [0.717, 1.165) is 63.8 Å². The summed E-state index contributed by atoms with van der Waals surface area (Å²) in [6, 6.07) is 10.9. The molecule has 1 fully saturated rings. The Morgan fingerprint density at radius 1 is 1.19 bits per heavy atom. The Labute approximate surface area is 214 Å². The van der Waals surface area contributed by atoms with Crippen molar-refractivity contribution < 1.29 is 4.74 Å². The summed E-state index contributed by atoms with van der Waals surface area (Å²) < 4.78 is 5.67. The predicted molar refractivity (Wildman–Crippen MR) is 145 cm³/mol. The number of hydrogen-bond acceptors (Lipinski definition) is 5. The van der Waals surface area contributed by atoms with Crippen LogP contribution < -0.4 is 16.0 Å². The zero-order valence-electron chi connectivity index (χ0n) is 19.7. The number of guanidine groups is 1. The molecular formula is C24H38IN5OS. The SMILES string of the molecule is CCNC(=NCC1(NC(C)c2ccccc2)CCOCC1)NCCc1nc(C)c(C)s1.I. The fourth-order valence-electron chi connectivity index (χ4n) is 3.90. The predicted octanol–water partition coefficient (Wildman–Crippen LogP) is 4.38. The maximum Gasteiger partial charge on any atom is 0.191 e. The topological polar surface area (TPSA) is 70.6 Å². The van der Waals surface area contributed by atoms with Crippen LogP contribution in [0.25, 0.3) is 0 Å². The molecule has 0 spiro atoms. The van der Waals surface area contributed by atoms with E-state index in [1.807, 2.05) is 0 Å². The summed E-state index contributed by atoms with van der Waals surface area (Å²) in [5.74, 6) is 0.868. The van der Waals surface area contributed by atoms with Crippen molar-refractivity contribution in [2.45, 2.75) is 58.5 Å². The second-order valence-electron chi connectivity index (χ2n) is 8.29. The van der Waals surface area contributed by atoms with E-state index < -0.39 is 0 Å². The van der Waals surface area contributed by atoms with E-state index >= 15 is 0 Å². The van der Waals surface area contributed by atoms with Crippen molar-refractivity contribution in [3.05, 3.63) is 51.5 Å². The van der Waals surface area contributed by atoms with Gasteiger partial charge in [0.05, 0.1) is 17.2 Å². The van der Waals surface area contributed by atoms with E-state index in [0.29, 0.717) is 0 Å². The lowest BCUT2D eigenvalue weighted by Crippen LogP contribution is -2.53. The number of aromatic nitrogens is 1. The van der Waals surface area contributed by atoms with E-state index in [9.17, 15) is 0 Å². The lowest BCUT2D eigenvalue weighted by atomic mass is 9.88. The van der Waals surface area contributed by atoms with Crippen molar-refractivity contribution in [2.75, 3.05) is 32.8 Å². The Bertz CT molecular complexity index is 817. The third-order valence-electron chi connectivity index (χ3n) is 5.86. The first kappa shape index (κ1) is 27.0. The van der Waals surface area contributed by atoms with Crippen LogP contribution in [0.2, 0.25) is 0 Å². The number of benzene rings is 1. The lowest BCUT2D eigenvalue weighted by molar-refractivity contribution is 0.0374. The second-order valence-corrected chi connectivity index (χ2v) is 9.58. The van der Waals surface area contributed by atoms with Gasteiger partial charge in [-0.05, 0) is 46.1 Å². The first-order valence-corrected chi connectivity index (χ1v) is 12.2. The molecule has 0 aliphatic carbocycles. The monoisotopic (exact) mass is 571 g/mol. The zero-order chi connectivity index (χ0) is 22.1. The average molecular weight is 572 g/mol. The van der Waals surface area contributed by atoms with Gasteiger partial charge >= 0.3 is 0 Å². The molecule has 8 heteroatoms. The van der Waals surface area contributed by atoms with Gasteiger partial charge in [0.2, 0.25) is 0 Å². The highest BCUT2D eigenvalue weighted by Gasteiger charge is 2.34. The number of aliphatic imine (C=N–C) groups is 1. The van der Waals surface area contributed by atoms with Gasteiger partial charge in [0.15, 0.2) is 5.96 Å². The molecule has 1 aliphatic heterocycles. The van der Waals surface area contributed by atoms with Crippen LogP contribution in [0, 0.1) is 13.8 Å². The van der Waals surface area contributed by atoms with Gasteiger partial charge in [0, 0.05) is 49.2 Å². The van der Waals surface area contributed by atoms with E-state index in [1.54, 1.807) is 11.3 Å². The lowest BCUT2D eigenvalue weighted by Gasteiger charge is -2.39. The number of hydrogen-bond donors (Lipinski definition) is 3. The number of aryl methyl sites for hydroxylation is 2. The van der Waals surface area contributed by atoms with Crippen LogP contribution in [0.15, 0.2) is 35.3 Å². The molecule has 178 valence electrons. The van der Waals surface area contributed by atoms with Gasteiger partial charge in [0.1, 0.15) is 0 Å². The number of nitrogens with zero attached hydrogens (tertiary/aromatic N) is 2. The number of nitrogens with one attached hydrogen (secondary N) is 3. The van der Waals surface area contributed by atoms with Crippen LogP contribution >= 0.6 is 35.3 Å². The first-order chi connectivity index (χ1) is 15.0. The average Bonchev–Trinajstić information content (AvgIpc) is 3.10. The first-order valence-electron chi connectivity index (χ1n) is 11.4. The Kier molecular flexibility index (Phi) is 11.4. The number of thiazole rings is 1. The third-order valence-corrected chi connectivity index (χ3v) is 6.99. The standard InChI is InChI=1S/C24H37N5OS.HI/c1-5-25-23(26-14-11-22-28-18(2)20(4)31-22)27-17-24(12-15-30-16-13-24)29-19(3)21-9-7-6-8-10-21;/h6-10,19,29H,5,11-17H2,1-4H3,(H2,25,26,27);1H. The van der Waals surface area contributed by atoms with Crippen molar-refractivity contribution in [3.63, 3.8) is 0 Å². The molecule has 1 aliphatic rings. The van der Waals surface area contributed by atoms with Crippen LogP contribution in [0.3, 0.4) is 0 Å². The molecule has 1 aromatic heterocycles. The van der Waals surface area contributed by atoms with E-state index in [-0.39, 0.29) is 35.6 Å². The molecule has 1 atom stereocenters. The van der Waals surface area contributed by atoms with Gasteiger partial charge in [-0.25, -0.2) is 4.98 Å².